The normalized spacial score (nSPS) is 28.9. The zero-order valence-corrected chi connectivity index (χ0v) is 27.4. The Morgan fingerprint density at radius 2 is 1.64 bits per heavy atom. The molecular formula is C36H31BrN2O4Se. The Morgan fingerprint density at radius 1 is 0.909 bits per heavy atom. The zero-order chi connectivity index (χ0) is 30.0. The summed E-state index contributed by atoms with van der Waals surface area (Å²) in [5, 5.41) is 2.94. The molecule has 4 aromatic rings. The predicted octanol–water partition coefficient (Wildman–Crippen LogP) is 5.59. The average molecular weight is 715 g/mol. The van der Waals surface area contributed by atoms with Gasteiger partial charge in [-0.25, -0.2) is 0 Å². The molecule has 3 fully saturated rings. The van der Waals surface area contributed by atoms with Gasteiger partial charge in [-0.3, -0.25) is 0 Å². The molecule has 6 atom stereocenters. The number of ether oxygens (including phenoxy) is 1. The van der Waals surface area contributed by atoms with Gasteiger partial charge in [-0.05, 0) is 0 Å². The third-order valence-electron chi connectivity index (χ3n) is 9.84. The Bertz CT molecular complexity index is 1730. The predicted molar refractivity (Wildman–Crippen MR) is 174 cm³/mol. The van der Waals surface area contributed by atoms with E-state index >= 15 is 0 Å². The maximum absolute atomic E-state index is 14.6. The molecule has 222 valence electrons. The fraction of sp³-hybridized carbons (Fsp3) is 0.278. The maximum atomic E-state index is 14.6. The number of hydroxylamine groups is 2. The van der Waals surface area contributed by atoms with Crippen molar-refractivity contribution in [3.05, 3.63) is 124 Å². The summed E-state index contributed by atoms with van der Waals surface area (Å²) in [4.78, 5) is 37.8. The molecule has 0 bridgehead atoms. The topological polar surface area (TPSA) is 59.1 Å². The van der Waals surface area contributed by atoms with Crippen LogP contribution in [0.2, 0.25) is 5.32 Å². The molecule has 8 rings (SSSR count). The van der Waals surface area contributed by atoms with E-state index in [2.05, 4.69) is 63.5 Å². The number of methoxy groups -OCH3 is 1. The Morgan fingerprint density at radius 3 is 2.39 bits per heavy atom. The number of ketones is 1. The van der Waals surface area contributed by atoms with Crippen molar-refractivity contribution in [3.8, 4) is 5.75 Å². The second kappa shape index (κ2) is 11.0. The molecule has 6 nitrogen and oxygen atoms in total. The number of Topliss-reactive ketones (excluding diaryl/α,β-unsaturated/α-hetero) is 1. The summed E-state index contributed by atoms with van der Waals surface area (Å²) >= 11 is 3.75. The molecule has 3 heterocycles. The van der Waals surface area contributed by atoms with E-state index in [-0.39, 0.29) is 56.6 Å². The molecule has 3 saturated heterocycles. The van der Waals surface area contributed by atoms with Crippen LogP contribution in [0.5, 0.6) is 5.75 Å². The van der Waals surface area contributed by atoms with E-state index in [9.17, 15) is 9.59 Å². The summed E-state index contributed by atoms with van der Waals surface area (Å²) in [6, 6.07) is 34.1. The third kappa shape index (κ3) is 4.27. The molecule has 3 aliphatic heterocycles. The molecule has 8 heteroatoms. The van der Waals surface area contributed by atoms with Crippen LogP contribution in [0.4, 0.5) is 5.69 Å². The van der Waals surface area contributed by atoms with Gasteiger partial charge in [-0.2, -0.15) is 0 Å². The van der Waals surface area contributed by atoms with Crippen molar-refractivity contribution in [1.29, 1.82) is 0 Å². The van der Waals surface area contributed by atoms with Crippen LogP contribution in [0, 0.1) is 5.92 Å². The number of carbonyl (C=O) groups is 2. The number of nitrogens with zero attached hydrogens (tertiary/aromatic N) is 2. The van der Waals surface area contributed by atoms with E-state index in [1.165, 1.54) is 4.46 Å². The van der Waals surface area contributed by atoms with E-state index in [0.717, 1.165) is 44.3 Å². The van der Waals surface area contributed by atoms with E-state index in [0.29, 0.717) is 6.42 Å². The van der Waals surface area contributed by atoms with Gasteiger partial charge in [-0.1, -0.05) is 0 Å². The average Bonchev–Trinajstić information content (AvgIpc) is 3.52. The first kappa shape index (κ1) is 28.2. The molecule has 1 amide bonds. The Balaban J connectivity index is 1.25. The van der Waals surface area contributed by atoms with Crippen LogP contribution in [-0.2, 0) is 16.1 Å². The zero-order valence-electron chi connectivity index (χ0n) is 24.1. The molecule has 1 spiro atoms. The fourth-order valence-corrected chi connectivity index (χ4v) is 10.4. The molecule has 0 radical (unpaired) electrons. The third-order valence-corrected chi connectivity index (χ3v) is 12.7. The number of benzene rings is 4. The van der Waals surface area contributed by atoms with Crippen molar-refractivity contribution in [2.24, 2.45) is 5.92 Å². The van der Waals surface area contributed by atoms with E-state index in [1.54, 1.807) is 7.11 Å². The number of hydrogen-bond donors (Lipinski definition) is 0. The van der Waals surface area contributed by atoms with Gasteiger partial charge in [0.25, 0.3) is 0 Å². The SMILES string of the molecule is COc1ccc(N2C(=O)[C@H]3[C@@H]2[C@H]2[C@H](c4ccc(Br)cc4)[C@]4(CCc5ccccc5C4=O)ON2[C@@H]3C[Se]c2ccccc2)cc1. The van der Waals surface area contributed by atoms with Crippen molar-refractivity contribution in [1.82, 2.24) is 5.06 Å². The van der Waals surface area contributed by atoms with E-state index in [1.807, 2.05) is 65.6 Å². The number of fused-ring (bicyclic) bond motifs is 4. The minimum absolute atomic E-state index is 0.0483. The van der Waals surface area contributed by atoms with Gasteiger partial charge in [0.1, 0.15) is 0 Å². The van der Waals surface area contributed by atoms with Gasteiger partial charge in [-0.15, -0.1) is 0 Å². The van der Waals surface area contributed by atoms with Gasteiger partial charge in [0.2, 0.25) is 0 Å². The van der Waals surface area contributed by atoms with Gasteiger partial charge >= 0.3 is 273 Å². The number of aryl methyl sites for hydroxylation is 1. The number of hydrogen-bond acceptors (Lipinski definition) is 5. The number of β-lactam (4-membered cyclic amide) rings is 1. The summed E-state index contributed by atoms with van der Waals surface area (Å²) in [6.07, 6.45) is 1.37. The summed E-state index contributed by atoms with van der Waals surface area (Å²) in [7, 11) is 1.64. The molecule has 1 aliphatic carbocycles. The molecule has 0 N–H and O–H groups in total. The summed E-state index contributed by atoms with van der Waals surface area (Å²) in [6.45, 7) is 0. The molecule has 0 aromatic heterocycles. The number of anilines is 1. The van der Waals surface area contributed by atoms with Gasteiger partial charge < -0.3 is 0 Å². The van der Waals surface area contributed by atoms with Crippen LogP contribution < -0.4 is 14.1 Å². The Labute approximate surface area is 271 Å². The number of carbonyl (C=O) groups excluding carboxylic acids is 2. The first-order valence-electron chi connectivity index (χ1n) is 15.0. The van der Waals surface area contributed by atoms with Crippen molar-refractivity contribution < 1.29 is 19.2 Å². The quantitative estimate of drug-likeness (QED) is 0.193. The molecule has 4 aliphatic rings. The Kier molecular flexibility index (Phi) is 7.04. The molecule has 0 saturated carbocycles. The standard InChI is InChI=1S/C36H31BrN2O4Se/c1-42-26-17-15-25(16-18-26)38-32-30(35(38)41)29(21-44-27-8-3-2-4-9-27)39-33(32)31(23-11-13-24(37)14-12-23)36(43-39)20-19-22-7-5-6-10-28(22)34(36)40/h2-18,29-33H,19-21H2,1H3/t29-,30-,31+,32-,33-,36+/m1/s1. The van der Waals surface area contributed by atoms with Crippen LogP contribution in [-0.4, -0.2) is 62.5 Å². The molecule has 44 heavy (non-hydrogen) atoms. The molecule has 4 aromatic carbocycles. The van der Waals surface area contributed by atoms with E-state index < -0.39 is 5.60 Å². The van der Waals surface area contributed by atoms with Crippen LogP contribution in [0.3, 0.4) is 0 Å². The first-order valence-corrected chi connectivity index (χ1v) is 17.9. The van der Waals surface area contributed by atoms with Crippen molar-refractivity contribution in [3.63, 3.8) is 0 Å². The summed E-state index contributed by atoms with van der Waals surface area (Å²) in [5.41, 5.74) is 2.70. The van der Waals surface area contributed by atoms with Crippen molar-refractivity contribution in [2.45, 2.75) is 47.8 Å². The Hall–Kier alpha value is -3.26. The molecule has 0 unspecified atom stereocenters. The van der Waals surface area contributed by atoms with Crippen molar-refractivity contribution in [2.75, 3.05) is 12.0 Å². The van der Waals surface area contributed by atoms with Crippen LogP contribution >= 0.6 is 15.9 Å². The summed E-state index contributed by atoms with van der Waals surface area (Å²) in [5.74, 6) is 0.473. The van der Waals surface area contributed by atoms with Crippen LogP contribution in [0.15, 0.2) is 108 Å². The van der Waals surface area contributed by atoms with Gasteiger partial charge in [0.15, 0.2) is 0 Å². The number of rotatable bonds is 6. The monoisotopic (exact) mass is 714 g/mol. The fourth-order valence-electron chi connectivity index (χ4n) is 7.87. The van der Waals surface area contributed by atoms with Crippen molar-refractivity contribution >= 4 is 52.7 Å². The first-order chi connectivity index (χ1) is 21.5. The molecular weight excluding hydrogens is 683 g/mol. The van der Waals surface area contributed by atoms with Gasteiger partial charge in [0.05, 0.1) is 0 Å². The number of halogens is 1. The van der Waals surface area contributed by atoms with E-state index in [4.69, 9.17) is 9.57 Å². The number of amides is 1. The second-order valence-electron chi connectivity index (χ2n) is 12.0. The summed E-state index contributed by atoms with van der Waals surface area (Å²) < 4.78 is 7.68. The van der Waals surface area contributed by atoms with Crippen LogP contribution in [0.25, 0.3) is 0 Å². The second-order valence-corrected chi connectivity index (χ2v) is 15.2. The van der Waals surface area contributed by atoms with Gasteiger partial charge in [0, 0.05) is 0 Å². The minimum atomic E-state index is -1.04. The van der Waals surface area contributed by atoms with Crippen LogP contribution in [0.1, 0.15) is 33.8 Å².